The summed E-state index contributed by atoms with van der Waals surface area (Å²) >= 11 is 0. The summed E-state index contributed by atoms with van der Waals surface area (Å²) in [5.41, 5.74) is 0. The number of nitrogens with one attached hydrogen (secondary N) is 2. The van der Waals surface area contributed by atoms with Crippen LogP contribution in [0, 0.1) is 11.8 Å². The summed E-state index contributed by atoms with van der Waals surface area (Å²) in [5, 5.41) is 6.98. The summed E-state index contributed by atoms with van der Waals surface area (Å²) in [7, 11) is 0. The molecule has 2 atom stereocenters. The van der Waals surface area contributed by atoms with Crippen LogP contribution in [-0.2, 0) is 9.53 Å². The average Bonchev–Trinajstić information content (AvgIpc) is 3.19. The number of likely N-dealkylation sites (tertiary alicyclic amines) is 1. The van der Waals surface area contributed by atoms with E-state index in [0.29, 0.717) is 12.0 Å². The Balaban J connectivity index is 0.00000450. The van der Waals surface area contributed by atoms with Crippen molar-refractivity contribution in [3.05, 3.63) is 0 Å². The zero-order valence-corrected chi connectivity index (χ0v) is 22.0. The van der Waals surface area contributed by atoms with E-state index in [1.807, 2.05) is 18.7 Å². The third kappa shape index (κ3) is 8.15. The Morgan fingerprint density at radius 2 is 1.80 bits per heavy atom. The Bertz CT molecular complexity index is 522. The van der Waals surface area contributed by atoms with Gasteiger partial charge in [-0.05, 0) is 19.3 Å². The monoisotopic (exact) mass is 537 g/mol. The van der Waals surface area contributed by atoms with Crippen molar-refractivity contribution in [1.82, 2.24) is 20.4 Å². The predicted molar refractivity (Wildman–Crippen MR) is 135 cm³/mol. The molecule has 176 valence electrons. The van der Waals surface area contributed by atoms with Crippen molar-refractivity contribution in [3.8, 4) is 0 Å². The molecular weight excluding hydrogens is 493 g/mol. The number of halogens is 1. The highest BCUT2D eigenvalue weighted by Crippen LogP contribution is 2.20. The summed E-state index contributed by atoms with van der Waals surface area (Å²) in [6.45, 7) is 17.5. The maximum atomic E-state index is 12.3. The van der Waals surface area contributed by atoms with Crippen molar-refractivity contribution in [2.45, 2.75) is 66.0 Å². The Hall–Kier alpha value is -0.610. The molecule has 2 aliphatic heterocycles. The van der Waals surface area contributed by atoms with Crippen LogP contribution in [0.25, 0.3) is 0 Å². The van der Waals surface area contributed by atoms with Gasteiger partial charge in [-0.15, -0.1) is 24.0 Å². The van der Waals surface area contributed by atoms with Crippen molar-refractivity contribution < 1.29 is 9.53 Å². The normalized spacial score (nSPS) is 21.6. The van der Waals surface area contributed by atoms with Crippen molar-refractivity contribution in [2.24, 2.45) is 16.8 Å². The van der Waals surface area contributed by atoms with E-state index in [4.69, 9.17) is 9.73 Å². The second-order valence-electron chi connectivity index (χ2n) is 8.58. The van der Waals surface area contributed by atoms with Crippen LogP contribution in [0.1, 0.15) is 53.9 Å². The van der Waals surface area contributed by atoms with Gasteiger partial charge in [0.1, 0.15) is 0 Å². The van der Waals surface area contributed by atoms with Crippen LogP contribution >= 0.6 is 24.0 Å². The highest BCUT2D eigenvalue weighted by molar-refractivity contribution is 14.0. The molecule has 0 saturated carbocycles. The number of rotatable bonds is 9. The number of nitrogens with zero attached hydrogens (tertiary/aromatic N) is 3. The summed E-state index contributed by atoms with van der Waals surface area (Å²) in [5.74, 6) is 1.83. The molecule has 2 aliphatic rings. The van der Waals surface area contributed by atoms with Crippen molar-refractivity contribution >= 4 is 35.8 Å². The van der Waals surface area contributed by atoms with E-state index in [-0.39, 0.29) is 41.8 Å². The van der Waals surface area contributed by atoms with E-state index in [9.17, 15) is 4.79 Å². The summed E-state index contributed by atoms with van der Waals surface area (Å²) in [6, 6.07) is 0.720. The fourth-order valence-electron chi connectivity index (χ4n) is 4.45. The fourth-order valence-corrected chi connectivity index (χ4v) is 4.45. The number of guanidine groups is 1. The molecule has 0 aromatic heterocycles. The van der Waals surface area contributed by atoms with Gasteiger partial charge in [-0.1, -0.05) is 40.5 Å². The van der Waals surface area contributed by atoms with E-state index in [2.05, 4.69) is 36.3 Å². The lowest BCUT2D eigenvalue weighted by atomic mass is 9.92. The highest BCUT2D eigenvalue weighted by Gasteiger charge is 2.29. The molecule has 0 aromatic rings. The van der Waals surface area contributed by atoms with Gasteiger partial charge in [-0.25, -0.2) is 0 Å². The number of amides is 1. The topological polar surface area (TPSA) is 69.2 Å². The Kier molecular flexibility index (Phi) is 13.2. The number of ether oxygens (including phenoxy) is 1. The Morgan fingerprint density at radius 1 is 1.13 bits per heavy atom. The van der Waals surface area contributed by atoms with E-state index < -0.39 is 0 Å². The smallest absolute Gasteiger partial charge is 0.225 e. The zero-order chi connectivity index (χ0) is 21.2. The second kappa shape index (κ2) is 14.5. The molecular formula is C22H44IN5O2. The molecule has 8 heteroatoms. The van der Waals surface area contributed by atoms with Crippen LogP contribution in [0.4, 0.5) is 0 Å². The zero-order valence-electron chi connectivity index (χ0n) is 19.7. The van der Waals surface area contributed by atoms with Crippen LogP contribution < -0.4 is 10.6 Å². The third-order valence-corrected chi connectivity index (χ3v) is 6.22. The van der Waals surface area contributed by atoms with E-state index in [0.717, 1.165) is 64.9 Å². The molecule has 0 radical (unpaired) electrons. The fraction of sp³-hybridized carbons (Fsp3) is 0.909. The highest BCUT2D eigenvalue weighted by atomic mass is 127. The van der Waals surface area contributed by atoms with Crippen molar-refractivity contribution in [1.29, 1.82) is 0 Å². The minimum absolute atomic E-state index is 0. The number of hydrogen-bond acceptors (Lipinski definition) is 4. The van der Waals surface area contributed by atoms with E-state index in [1.54, 1.807) is 0 Å². The predicted octanol–water partition coefficient (Wildman–Crippen LogP) is 2.55. The van der Waals surface area contributed by atoms with Gasteiger partial charge in [0.2, 0.25) is 5.91 Å². The molecule has 2 heterocycles. The van der Waals surface area contributed by atoms with Gasteiger partial charge >= 0.3 is 0 Å². The lowest BCUT2D eigenvalue weighted by Gasteiger charge is -2.38. The van der Waals surface area contributed by atoms with Crippen LogP contribution in [0.5, 0.6) is 0 Å². The number of morpholine rings is 1. The third-order valence-electron chi connectivity index (χ3n) is 6.22. The van der Waals surface area contributed by atoms with Gasteiger partial charge in [0.05, 0.1) is 19.8 Å². The molecule has 2 unspecified atom stereocenters. The quantitative estimate of drug-likeness (QED) is 0.269. The lowest BCUT2D eigenvalue weighted by molar-refractivity contribution is -0.133. The Labute approximate surface area is 200 Å². The summed E-state index contributed by atoms with van der Waals surface area (Å²) in [4.78, 5) is 21.8. The van der Waals surface area contributed by atoms with Gasteiger partial charge in [0, 0.05) is 50.7 Å². The SMILES string of the molecule is CCNC(=NCC(C(CC)CC)N1CCOCC1)NC1CCN(C(=O)C(C)C)C1.I. The number of carbonyl (C=O) groups excluding carboxylic acids is 1. The summed E-state index contributed by atoms with van der Waals surface area (Å²) < 4.78 is 5.56. The maximum absolute atomic E-state index is 12.3. The average molecular weight is 538 g/mol. The molecule has 0 spiro atoms. The molecule has 7 nitrogen and oxygen atoms in total. The minimum Gasteiger partial charge on any atom is -0.379 e. The van der Waals surface area contributed by atoms with Crippen LogP contribution in [0.2, 0.25) is 0 Å². The first-order valence-corrected chi connectivity index (χ1v) is 11.6. The van der Waals surface area contributed by atoms with Gasteiger partial charge in [-0.2, -0.15) is 0 Å². The summed E-state index contributed by atoms with van der Waals surface area (Å²) in [6.07, 6.45) is 3.32. The molecule has 30 heavy (non-hydrogen) atoms. The molecule has 2 fully saturated rings. The van der Waals surface area contributed by atoms with E-state index >= 15 is 0 Å². The first-order chi connectivity index (χ1) is 14.0. The van der Waals surface area contributed by atoms with Gasteiger partial charge in [0.15, 0.2) is 5.96 Å². The van der Waals surface area contributed by atoms with Crippen LogP contribution in [-0.4, -0.2) is 86.2 Å². The molecule has 2 saturated heterocycles. The first-order valence-electron chi connectivity index (χ1n) is 11.6. The Morgan fingerprint density at radius 3 is 2.37 bits per heavy atom. The van der Waals surface area contributed by atoms with Crippen LogP contribution in [0.15, 0.2) is 4.99 Å². The maximum Gasteiger partial charge on any atom is 0.225 e. The van der Waals surface area contributed by atoms with Gasteiger partial charge < -0.3 is 20.3 Å². The van der Waals surface area contributed by atoms with Crippen molar-refractivity contribution in [2.75, 3.05) is 52.5 Å². The van der Waals surface area contributed by atoms with Crippen molar-refractivity contribution in [3.63, 3.8) is 0 Å². The second-order valence-corrected chi connectivity index (χ2v) is 8.58. The number of carbonyl (C=O) groups is 1. The lowest BCUT2D eigenvalue weighted by Crippen LogP contribution is -2.50. The van der Waals surface area contributed by atoms with Crippen LogP contribution in [0.3, 0.4) is 0 Å². The van der Waals surface area contributed by atoms with Gasteiger partial charge in [0.25, 0.3) is 0 Å². The number of hydrogen-bond donors (Lipinski definition) is 2. The largest absolute Gasteiger partial charge is 0.379 e. The molecule has 0 aliphatic carbocycles. The minimum atomic E-state index is 0. The van der Waals surface area contributed by atoms with E-state index in [1.165, 1.54) is 12.8 Å². The molecule has 1 amide bonds. The van der Waals surface area contributed by atoms with Gasteiger partial charge in [-0.3, -0.25) is 14.7 Å². The molecule has 0 aromatic carbocycles. The molecule has 2 N–H and O–H groups in total. The molecule has 2 rings (SSSR count). The molecule has 0 bridgehead atoms. The number of aliphatic imine (C=N–C) groups is 1. The standard InChI is InChI=1S/C22H43N5O2.HI/c1-6-18(7-2)20(26-11-13-29-14-12-26)15-24-22(23-8-3)25-19-9-10-27(16-19)21(28)17(4)5;/h17-20H,6-16H2,1-5H3,(H2,23,24,25);1H. The first kappa shape index (κ1) is 27.4.